The van der Waals surface area contributed by atoms with Crippen LogP contribution < -0.4 is 14.5 Å². The van der Waals surface area contributed by atoms with Crippen LogP contribution in [0.5, 0.6) is 5.75 Å². The van der Waals surface area contributed by atoms with Crippen molar-refractivity contribution < 1.29 is 14.3 Å². The molecule has 1 saturated carbocycles. The van der Waals surface area contributed by atoms with E-state index in [-0.39, 0.29) is 11.8 Å². The fourth-order valence-electron chi connectivity index (χ4n) is 4.46. The fraction of sp³-hybridized carbons (Fsp3) is 0.522. The topological polar surface area (TPSA) is 66.0 Å². The molecule has 2 aliphatic heterocycles. The van der Waals surface area contributed by atoms with Crippen molar-refractivity contribution in [3.05, 3.63) is 35.3 Å². The Bertz CT molecular complexity index is 967. The lowest BCUT2D eigenvalue weighted by Crippen LogP contribution is -2.51. The largest absolute Gasteiger partial charge is 0.477 e. The first-order valence-corrected chi connectivity index (χ1v) is 12.0. The van der Waals surface area contributed by atoms with E-state index >= 15 is 0 Å². The van der Waals surface area contributed by atoms with Crippen molar-refractivity contribution in [2.24, 2.45) is 0 Å². The highest BCUT2D eigenvalue weighted by Gasteiger charge is 2.36. The van der Waals surface area contributed by atoms with Crippen molar-refractivity contribution >= 4 is 34.0 Å². The van der Waals surface area contributed by atoms with Crippen LogP contribution in [-0.2, 0) is 16.1 Å². The van der Waals surface area contributed by atoms with Crippen molar-refractivity contribution in [2.45, 2.75) is 57.7 Å². The quantitative estimate of drug-likeness (QED) is 0.713. The summed E-state index contributed by atoms with van der Waals surface area (Å²) in [4.78, 5) is 35.9. The zero-order chi connectivity index (χ0) is 21.4. The number of aromatic nitrogens is 1. The maximum Gasteiger partial charge on any atom is 0.265 e. The van der Waals surface area contributed by atoms with Gasteiger partial charge in [0.15, 0.2) is 11.2 Å². The summed E-state index contributed by atoms with van der Waals surface area (Å²) in [5.74, 6) is 0.866. The summed E-state index contributed by atoms with van der Waals surface area (Å²) in [6.45, 7) is 4.32. The van der Waals surface area contributed by atoms with Gasteiger partial charge in [0.25, 0.3) is 5.91 Å². The van der Waals surface area contributed by atoms with Crippen LogP contribution in [0.25, 0.3) is 0 Å². The Balaban J connectivity index is 1.35. The number of rotatable bonds is 5. The number of anilines is 2. The number of nitrogens with zero attached hydrogens (tertiary/aromatic N) is 4. The summed E-state index contributed by atoms with van der Waals surface area (Å²) >= 11 is 1.51. The molecule has 164 valence electrons. The summed E-state index contributed by atoms with van der Waals surface area (Å²) in [6.07, 6.45) is 4.90. The minimum absolute atomic E-state index is 0.0484. The highest BCUT2D eigenvalue weighted by Crippen LogP contribution is 2.37. The Kier molecular flexibility index (Phi) is 5.56. The molecule has 2 amide bonds. The van der Waals surface area contributed by atoms with Gasteiger partial charge in [0, 0.05) is 31.4 Å². The van der Waals surface area contributed by atoms with Gasteiger partial charge >= 0.3 is 0 Å². The zero-order valence-corrected chi connectivity index (χ0v) is 18.6. The first-order valence-electron chi connectivity index (χ1n) is 11.1. The lowest BCUT2D eigenvalue weighted by molar-refractivity contribution is -0.139. The molecule has 7 nitrogen and oxygen atoms in total. The number of thiazole rings is 1. The van der Waals surface area contributed by atoms with Gasteiger partial charge in [-0.15, -0.1) is 11.3 Å². The molecule has 3 aliphatic rings. The lowest BCUT2D eigenvalue weighted by atomic mass is 10.1. The molecule has 5 rings (SSSR count). The van der Waals surface area contributed by atoms with E-state index < -0.39 is 6.10 Å². The van der Waals surface area contributed by atoms with Crippen molar-refractivity contribution in [1.82, 2.24) is 9.88 Å². The van der Waals surface area contributed by atoms with Gasteiger partial charge < -0.3 is 14.5 Å². The third-order valence-electron chi connectivity index (χ3n) is 6.15. The van der Waals surface area contributed by atoms with Gasteiger partial charge in [-0.2, -0.15) is 0 Å². The summed E-state index contributed by atoms with van der Waals surface area (Å²) in [6, 6.07) is 8.17. The number of carbonyl (C=O) groups is 2. The van der Waals surface area contributed by atoms with Crippen LogP contribution in [0.1, 0.15) is 44.7 Å². The molecule has 1 unspecified atom stereocenters. The molecule has 2 fully saturated rings. The van der Waals surface area contributed by atoms with E-state index in [1.54, 1.807) is 6.92 Å². The van der Waals surface area contributed by atoms with E-state index in [0.717, 1.165) is 61.0 Å². The molecule has 1 atom stereocenters. The Morgan fingerprint density at radius 1 is 1.19 bits per heavy atom. The second-order valence-corrected chi connectivity index (χ2v) is 9.42. The number of amides is 2. The number of benzene rings is 1. The standard InChI is InChI=1S/C23H28N4O3S/c1-16(28)27(18-9-10-18)23-24-17(15-31-23)13-26-14-21(22(29)25-11-5-2-6-12-25)30-20-8-4-3-7-19(20)26/h3-4,7-8,15,18,21H,2,5-6,9-14H2,1H3. The number of piperidine rings is 1. The van der Waals surface area contributed by atoms with E-state index in [1.807, 2.05) is 39.4 Å². The average molecular weight is 441 g/mol. The highest BCUT2D eigenvalue weighted by molar-refractivity contribution is 7.14. The van der Waals surface area contributed by atoms with Gasteiger partial charge in [0.05, 0.1) is 24.5 Å². The molecule has 0 spiro atoms. The van der Waals surface area contributed by atoms with Crippen LogP contribution >= 0.6 is 11.3 Å². The molecule has 31 heavy (non-hydrogen) atoms. The molecule has 1 saturated heterocycles. The van der Waals surface area contributed by atoms with Crippen molar-refractivity contribution in [1.29, 1.82) is 0 Å². The molecule has 1 aromatic heterocycles. The Morgan fingerprint density at radius 3 is 2.71 bits per heavy atom. The van der Waals surface area contributed by atoms with Gasteiger partial charge in [-0.25, -0.2) is 4.98 Å². The maximum atomic E-state index is 13.1. The van der Waals surface area contributed by atoms with Gasteiger partial charge in [-0.3, -0.25) is 14.5 Å². The number of hydrogen-bond donors (Lipinski definition) is 0. The predicted octanol–water partition coefficient (Wildman–Crippen LogP) is 3.44. The van der Waals surface area contributed by atoms with Crippen LogP contribution in [0, 0.1) is 0 Å². The molecule has 3 heterocycles. The van der Waals surface area contributed by atoms with Crippen LogP contribution in [-0.4, -0.2) is 53.5 Å². The number of ether oxygens (including phenoxy) is 1. The first-order chi connectivity index (χ1) is 15.1. The summed E-state index contributed by atoms with van der Waals surface area (Å²) in [5.41, 5.74) is 1.89. The molecule has 0 bridgehead atoms. The first kappa shape index (κ1) is 20.3. The molecule has 1 aliphatic carbocycles. The van der Waals surface area contributed by atoms with Crippen LogP contribution in [0.3, 0.4) is 0 Å². The van der Waals surface area contributed by atoms with Crippen LogP contribution in [0.15, 0.2) is 29.6 Å². The van der Waals surface area contributed by atoms with Gasteiger partial charge in [0.1, 0.15) is 5.75 Å². The SMILES string of the molecule is CC(=O)N(c1nc(CN2CC(C(=O)N3CCCCC3)Oc3ccccc32)cs1)C1CC1. The highest BCUT2D eigenvalue weighted by atomic mass is 32.1. The van der Waals surface area contributed by atoms with E-state index in [1.165, 1.54) is 17.8 Å². The number of hydrogen-bond acceptors (Lipinski definition) is 6. The minimum Gasteiger partial charge on any atom is -0.477 e. The molecule has 0 radical (unpaired) electrons. The molecule has 1 aromatic carbocycles. The van der Waals surface area contributed by atoms with Gasteiger partial charge in [0.2, 0.25) is 5.91 Å². The zero-order valence-electron chi connectivity index (χ0n) is 17.8. The summed E-state index contributed by atoms with van der Waals surface area (Å²) in [5, 5.41) is 2.79. The number of carbonyl (C=O) groups excluding carboxylic acids is 2. The number of fused-ring (bicyclic) bond motifs is 1. The van der Waals surface area contributed by atoms with Crippen LogP contribution in [0.4, 0.5) is 10.8 Å². The van der Waals surface area contributed by atoms with E-state index in [2.05, 4.69) is 4.90 Å². The third-order valence-corrected chi connectivity index (χ3v) is 7.04. The van der Waals surface area contributed by atoms with E-state index in [4.69, 9.17) is 9.72 Å². The van der Waals surface area contributed by atoms with Crippen molar-refractivity contribution in [3.8, 4) is 5.75 Å². The van der Waals surface area contributed by atoms with Gasteiger partial charge in [-0.05, 0) is 44.2 Å². The van der Waals surface area contributed by atoms with Crippen LogP contribution in [0.2, 0.25) is 0 Å². The summed E-state index contributed by atoms with van der Waals surface area (Å²) < 4.78 is 6.13. The predicted molar refractivity (Wildman–Crippen MR) is 121 cm³/mol. The van der Waals surface area contributed by atoms with Crippen molar-refractivity contribution in [2.75, 3.05) is 29.4 Å². The number of likely N-dealkylation sites (tertiary alicyclic amines) is 1. The van der Waals surface area contributed by atoms with Gasteiger partial charge in [-0.1, -0.05) is 12.1 Å². The monoisotopic (exact) mass is 440 g/mol. The molecule has 8 heteroatoms. The Labute approximate surface area is 186 Å². The fourth-order valence-corrected chi connectivity index (χ4v) is 5.39. The molecule has 0 N–H and O–H groups in total. The Morgan fingerprint density at radius 2 is 1.97 bits per heavy atom. The molecular weight excluding hydrogens is 412 g/mol. The maximum absolute atomic E-state index is 13.1. The van der Waals surface area contributed by atoms with E-state index in [9.17, 15) is 9.59 Å². The van der Waals surface area contributed by atoms with Crippen molar-refractivity contribution in [3.63, 3.8) is 0 Å². The second-order valence-electron chi connectivity index (χ2n) is 8.58. The molecule has 2 aromatic rings. The smallest absolute Gasteiger partial charge is 0.265 e. The second kappa shape index (κ2) is 8.49. The Hall–Kier alpha value is -2.61. The number of para-hydroxylation sites is 2. The molecular formula is C23H28N4O3S. The summed E-state index contributed by atoms with van der Waals surface area (Å²) in [7, 11) is 0. The minimum atomic E-state index is -0.508. The van der Waals surface area contributed by atoms with E-state index in [0.29, 0.717) is 19.1 Å². The normalized spacial score (nSPS) is 20.7. The third kappa shape index (κ3) is 4.26. The average Bonchev–Trinajstić information content (AvgIpc) is 3.51. The lowest BCUT2D eigenvalue weighted by Gasteiger charge is -2.38.